The van der Waals surface area contributed by atoms with Crippen molar-refractivity contribution >= 4 is 17.8 Å². The molecule has 1 aliphatic heterocycles. The zero-order chi connectivity index (χ0) is 13.9. The largest absolute Gasteiger partial charge is 0.330 e. The predicted octanol–water partition coefficient (Wildman–Crippen LogP) is 0.433. The third kappa shape index (κ3) is 3.07. The van der Waals surface area contributed by atoms with Crippen LogP contribution in [0.25, 0.3) is 0 Å². The number of hydrogen-bond donors (Lipinski definition) is 1. The van der Waals surface area contributed by atoms with E-state index in [0.29, 0.717) is 6.54 Å². The molecule has 6 heteroatoms. The van der Waals surface area contributed by atoms with Gasteiger partial charge in [-0.3, -0.25) is 19.8 Å². The molecule has 0 atom stereocenters. The molecule has 1 aliphatic rings. The molecule has 0 aliphatic carbocycles. The number of carbonyl (C=O) groups excluding carboxylic acids is 3. The molecule has 1 rings (SSSR count). The molecule has 0 aromatic heterocycles. The van der Waals surface area contributed by atoms with Gasteiger partial charge < -0.3 is 4.90 Å². The minimum Gasteiger partial charge on any atom is -0.309 e. The zero-order valence-electron chi connectivity index (χ0n) is 11.4. The molecule has 102 valence electrons. The van der Waals surface area contributed by atoms with Crippen LogP contribution in [0.5, 0.6) is 0 Å². The van der Waals surface area contributed by atoms with Crippen molar-refractivity contribution in [3.8, 4) is 0 Å². The Hall–Kier alpha value is -1.43. The number of carbonyl (C=O) groups is 3. The molecule has 1 heterocycles. The van der Waals surface area contributed by atoms with Gasteiger partial charge in [0, 0.05) is 6.54 Å². The van der Waals surface area contributed by atoms with E-state index < -0.39 is 23.3 Å². The highest BCUT2D eigenvalue weighted by Crippen LogP contribution is 2.23. The quantitative estimate of drug-likeness (QED) is 0.571. The summed E-state index contributed by atoms with van der Waals surface area (Å²) in [5.41, 5.74) is -1.16. The van der Waals surface area contributed by atoms with E-state index in [-0.39, 0.29) is 0 Å². The summed E-state index contributed by atoms with van der Waals surface area (Å²) in [4.78, 5) is 38.3. The van der Waals surface area contributed by atoms with Gasteiger partial charge in [-0.15, -0.1) is 0 Å². The Morgan fingerprint density at radius 3 is 2.33 bits per heavy atom. The smallest absolute Gasteiger partial charge is 0.309 e. The molecule has 0 bridgehead atoms. The van der Waals surface area contributed by atoms with Gasteiger partial charge >= 0.3 is 6.03 Å². The number of imide groups is 2. The summed E-state index contributed by atoms with van der Waals surface area (Å²) < 4.78 is 0. The Bertz CT molecular complexity index is 364. The van der Waals surface area contributed by atoms with Crippen LogP contribution in [0.3, 0.4) is 0 Å². The second kappa shape index (κ2) is 5.48. The van der Waals surface area contributed by atoms with Gasteiger partial charge in [0.1, 0.15) is 5.41 Å². The molecular formula is C12H21N3O3. The highest BCUT2D eigenvalue weighted by atomic mass is 16.2. The van der Waals surface area contributed by atoms with Crippen molar-refractivity contribution < 1.29 is 14.4 Å². The average molecular weight is 255 g/mol. The van der Waals surface area contributed by atoms with Crippen molar-refractivity contribution in [2.24, 2.45) is 5.41 Å². The van der Waals surface area contributed by atoms with Crippen molar-refractivity contribution in [1.29, 1.82) is 0 Å². The maximum Gasteiger partial charge on any atom is 0.330 e. The highest BCUT2D eigenvalue weighted by molar-refractivity contribution is 6.18. The summed E-state index contributed by atoms with van der Waals surface area (Å²) >= 11 is 0. The van der Waals surface area contributed by atoms with Gasteiger partial charge in [0.2, 0.25) is 11.8 Å². The first kappa shape index (κ1) is 14.6. The molecule has 1 fully saturated rings. The highest BCUT2D eigenvalue weighted by Gasteiger charge is 2.46. The molecule has 0 aromatic rings. The van der Waals surface area contributed by atoms with E-state index in [1.165, 1.54) is 13.8 Å². The van der Waals surface area contributed by atoms with Crippen molar-refractivity contribution in [2.75, 3.05) is 27.2 Å². The molecule has 1 saturated heterocycles. The lowest BCUT2D eigenvalue weighted by Gasteiger charge is -2.34. The van der Waals surface area contributed by atoms with Crippen LogP contribution in [-0.4, -0.2) is 54.8 Å². The van der Waals surface area contributed by atoms with Gasteiger partial charge in [-0.25, -0.2) is 4.79 Å². The second-order valence-corrected chi connectivity index (χ2v) is 5.35. The molecular weight excluding hydrogens is 234 g/mol. The van der Waals surface area contributed by atoms with Crippen molar-refractivity contribution in [3.05, 3.63) is 0 Å². The lowest BCUT2D eigenvalue weighted by molar-refractivity contribution is -0.149. The predicted molar refractivity (Wildman–Crippen MR) is 66.8 cm³/mol. The fourth-order valence-corrected chi connectivity index (χ4v) is 1.75. The van der Waals surface area contributed by atoms with Crippen LogP contribution in [0.1, 0.15) is 26.7 Å². The lowest BCUT2D eigenvalue weighted by Crippen LogP contribution is -2.61. The molecule has 0 aromatic carbocycles. The number of urea groups is 1. The number of nitrogens with one attached hydrogen (secondary N) is 1. The van der Waals surface area contributed by atoms with Gasteiger partial charge in [0.15, 0.2) is 0 Å². The number of barbiturate groups is 1. The number of rotatable bonds is 5. The summed E-state index contributed by atoms with van der Waals surface area (Å²) in [5, 5.41) is 2.22. The Morgan fingerprint density at radius 1 is 1.17 bits per heavy atom. The van der Waals surface area contributed by atoms with E-state index in [1.807, 2.05) is 19.0 Å². The normalized spacial score (nSPS) is 19.4. The van der Waals surface area contributed by atoms with Gasteiger partial charge in [-0.2, -0.15) is 0 Å². The maximum absolute atomic E-state index is 12.0. The standard InChI is InChI=1S/C12H21N3O3/c1-12(2)9(16)13-11(18)15(10(12)17)8-6-5-7-14(3)4/h5-8H2,1-4H3,(H,13,16,18). The molecule has 0 radical (unpaired) electrons. The molecule has 4 amide bonds. The van der Waals surface area contributed by atoms with E-state index in [2.05, 4.69) is 5.32 Å². The van der Waals surface area contributed by atoms with Crippen LogP contribution in [-0.2, 0) is 9.59 Å². The molecule has 6 nitrogen and oxygen atoms in total. The van der Waals surface area contributed by atoms with Crippen LogP contribution >= 0.6 is 0 Å². The molecule has 0 spiro atoms. The van der Waals surface area contributed by atoms with Crippen molar-refractivity contribution in [3.63, 3.8) is 0 Å². The fourth-order valence-electron chi connectivity index (χ4n) is 1.75. The first-order valence-electron chi connectivity index (χ1n) is 6.09. The van der Waals surface area contributed by atoms with Gasteiger partial charge in [-0.05, 0) is 47.3 Å². The Morgan fingerprint density at radius 2 is 1.78 bits per heavy atom. The van der Waals surface area contributed by atoms with Crippen LogP contribution in [0, 0.1) is 5.41 Å². The average Bonchev–Trinajstić information content (AvgIpc) is 2.25. The lowest BCUT2D eigenvalue weighted by atomic mass is 9.89. The van der Waals surface area contributed by atoms with Crippen LogP contribution in [0.2, 0.25) is 0 Å². The molecule has 1 N–H and O–H groups in total. The monoisotopic (exact) mass is 255 g/mol. The maximum atomic E-state index is 12.0. The minimum absolute atomic E-state index is 0.356. The van der Waals surface area contributed by atoms with E-state index in [0.717, 1.165) is 24.3 Å². The van der Waals surface area contributed by atoms with Crippen molar-refractivity contribution in [2.45, 2.75) is 26.7 Å². The Balaban J connectivity index is 2.57. The summed E-state index contributed by atoms with van der Waals surface area (Å²) in [7, 11) is 3.95. The summed E-state index contributed by atoms with van der Waals surface area (Å²) in [6.45, 7) is 4.33. The third-order valence-electron chi connectivity index (χ3n) is 3.05. The SMILES string of the molecule is CN(C)CCCCN1C(=O)NC(=O)C(C)(C)C1=O. The van der Waals surface area contributed by atoms with Gasteiger partial charge in [0.25, 0.3) is 0 Å². The first-order chi connectivity index (χ1) is 8.26. The summed E-state index contributed by atoms with van der Waals surface area (Å²) in [6, 6.07) is -0.603. The number of nitrogens with zero attached hydrogens (tertiary/aromatic N) is 2. The van der Waals surface area contributed by atoms with Crippen LogP contribution in [0.15, 0.2) is 0 Å². The van der Waals surface area contributed by atoms with Crippen LogP contribution in [0.4, 0.5) is 4.79 Å². The van der Waals surface area contributed by atoms with E-state index in [9.17, 15) is 14.4 Å². The minimum atomic E-state index is -1.16. The van der Waals surface area contributed by atoms with Crippen LogP contribution < -0.4 is 5.32 Å². The summed E-state index contributed by atoms with van der Waals surface area (Å²) in [6.07, 6.45) is 1.64. The number of hydrogen-bond acceptors (Lipinski definition) is 4. The number of unbranched alkanes of at least 4 members (excludes halogenated alkanes) is 1. The van der Waals surface area contributed by atoms with E-state index in [1.54, 1.807) is 0 Å². The van der Waals surface area contributed by atoms with E-state index in [4.69, 9.17) is 0 Å². The Kier molecular flexibility index (Phi) is 4.45. The zero-order valence-corrected chi connectivity index (χ0v) is 11.4. The Labute approximate surface area is 107 Å². The molecule has 18 heavy (non-hydrogen) atoms. The topological polar surface area (TPSA) is 69.7 Å². The fraction of sp³-hybridized carbons (Fsp3) is 0.750. The number of amides is 4. The third-order valence-corrected chi connectivity index (χ3v) is 3.05. The second-order valence-electron chi connectivity index (χ2n) is 5.35. The van der Waals surface area contributed by atoms with Gasteiger partial charge in [0.05, 0.1) is 0 Å². The molecule has 0 saturated carbocycles. The molecule has 0 unspecified atom stereocenters. The van der Waals surface area contributed by atoms with Crippen molar-refractivity contribution in [1.82, 2.24) is 15.1 Å². The van der Waals surface area contributed by atoms with E-state index >= 15 is 0 Å². The first-order valence-corrected chi connectivity index (χ1v) is 6.09. The summed E-state index contributed by atoms with van der Waals surface area (Å²) in [5.74, 6) is -0.942. The van der Waals surface area contributed by atoms with Gasteiger partial charge in [-0.1, -0.05) is 0 Å².